The van der Waals surface area contributed by atoms with Gasteiger partial charge in [-0.3, -0.25) is 0 Å². The Labute approximate surface area is 65.0 Å². The maximum atomic E-state index is 2.43. The molecule has 1 rings (SSSR count). The minimum absolute atomic E-state index is 0.740. The fourth-order valence-corrected chi connectivity index (χ4v) is 1.68. The monoisotopic (exact) mass is 140 g/mol. The highest BCUT2D eigenvalue weighted by atomic mass is 14.5. The van der Waals surface area contributed by atoms with Gasteiger partial charge in [0.2, 0.25) is 0 Å². The lowest BCUT2D eigenvalue weighted by Gasteiger charge is -2.20. The molecule has 0 radical (unpaired) electrons. The van der Waals surface area contributed by atoms with Crippen LogP contribution in [0.4, 0.5) is 0 Å². The van der Waals surface area contributed by atoms with Gasteiger partial charge in [0.15, 0.2) is 0 Å². The SMILES string of the molecule is CC(C)CC(C)C1(C)CC1. The summed E-state index contributed by atoms with van der Waals surface area (Å²) in [6, 6.07) is 0. The molecule has 0 spiro atoms. The van der Waals surface area contributed by atoms with E-state index in [0.29, 0.717) is 0 Å². The van der Waals surface area contributed by atoms with E-state index in [4.69, 9.17) is 0 Å². The molecule has 0 nitrogen and oxygen atoms in total. The highest BCUT2D eigenvalue weighted by molar-refractivity contribution is 4.92. The molecule has 1 aliphatic carbocycles. The van der Waals surface area contributed by atoms with E-state index in [1.807, 2.05) is 0 Å². The molecule has 0 bridgehead atoms. The molecule has 0 aromatic heterocycles. The largest absolute Gasteiger partial charge is 0.0628 e. The van der Waals surface area contributed by atoms with Crippen molar-refractivity contribution >= 4 is 0 Å². The molecule has 60 valence electrons. The van der Waals surface area contributed by atoms with Crippen LogP contribution in [0.3, 0.4) is 0 Å². The van der Waals surface area contributed by atoms with Crippen LogP contribution >= 0.6 is 0 Å². The summed E-state index contributed by atoms with van der Waals surface area (Å²) in [7, 11) is 0. The summed E-state index contributed by atoms with van der Waals surface area (Å²) in [5.41, 5.74) is 0.740. The van der Waals surface area contributed by atoms with E-state index in [2.05, 4.69) is 27.7 Å². The van der Waals surface area contributed by atoms with Crippen LogP contribution in [-0.4, -0.2) is 0 Å². The number of rotatable bonds is 3. The Hall–Kier alpha value is 0. The van der Waals surface area contributed by atoms with E-state index in [9.17, 15) is 0 Å². The Balaban J connectivity index is 2.28. The molecule has 0 aromatic carbocycles. The van der Waals surface area contributed by atoms with Crippen molar-refractivity contribution in [2.75, 3.05) is 0 Å². The van der Waals surface area contributed by atoms with Gasteiger partial charge in [-0.15, -0.1) is 0 Å². The Morgan fingerprint density at radius 3 is 2.00 bits per heavy atom. The fraction of sp³-hybridized carbons (Fsp3) is 1.00. The summed E-state index contributed by atoms with van der Waals surface area (Å²) in [5.74, 6) is 1.83. The smallest absolute Gasteiger partial charge is 0.0300 e. The molecule has 1 atom stereocenters. The zero-order valence-electron chi connectivity index (χ0n) is 7.78. The molecule has 1 aliphatic rings. The first kappa shape index (κ1) is 8.10. The average Bonchev–Trinajstić information content (AvgIpc) is 2.47. The van der Waals surface area contributed by atoms with Gasteiger partial charge in [-0.05, 0) is 36.5 Å². The molecule has 1 saturated carbocycles. The predicted octanol–water partition coefficient (Wildman–Crippen LogP) is 3.47. The third kappa shape index (κ3) is 1.74. The summed E-state index contributed by atoms with van der Waals surface area (Å²) in [5, 5.41) is 0. The Bertz CT molecular complexity index is 109. The molecule has 10 heavy (non-hydrogen) atoms. The van der Waals surface area contributed by atoms with Gasteiger partial charge < -0.3 is 0 Å². The molecule has 1 fully saturated rings. The maximum Gasteiger partial charge on any atom is -0.0300 e. The fourth-order valence-electron chi connectivity index (χ4n) is 1.68. The van der Waals surface area contributed by atoms with Gasteiger partial charge in [0.05, 0.1) is 0 Å². The van der Waals surface area contributed by atoms with Crippen molar-refractivity contribution in [2.24, 2.45) is 17.3 Å². The Morgan fingerprint density at radius 1 is 1.20 bits per heavy atom. The van der Waals surface area contributed by atoms with Crippen molar-refractivity contribution in [1.82, 2.24) is 0 Å². The van der Waals surface area contributed by atoms with Gasteiger partial charge in [-0.25, -0.2) is 0 Å². The highest BCUT2D eigenvalue weighted by Crippen LogP contribution is 2.53. The van der Waals surface area contributed by atoms with Crippen molar-refractivity contribution in [2.45, 2.75) is 47.0 Å². The predicted molar refractivity (Wildman–Crippen MR) is 46.0 cm³/mol. The molecular weight excluding hydrogens is 120 g/mol. The number of hydrogen-bond acceptors (Lipinski definition) is 0. The molecule has 0 heterocycles. The second kappa shape index (κ2) is 2.56. The van der Waals surface area contributed by atoms with Gasteiger partial charge in [0.1, 0.15) is 0 Å². The molecule has 0 aromatic rings. The van der Waals surface area contributed by atoms with Crippen LogP contribution in [0.5, 0.6) is 0 Å². The third-order valence-corrected chi connectivity index (χ3v) is 3.05. The van der Waals surface area contributed by atoms with Crippen LogP contribution in [0.1, 0.15) is 47.0 Å². The Kier molecular flexibility index (Phi) is 2.07. The van der Waals surface area contributed by atoms with Crippen molar-refractivity contribution in [1.29, 1.82) is 0 Å². The van der Waals surface area contributed by atoms with Gasteiger partial charge in [-0.1, -0.05) is 27.7 Å². The zero-order chi connectivity index (χ0) is 7.78. The molecule has 0 amide bonds. The van der Waals surface area contributed by atoms with Crippen LogP contribution < -0.4 is 0 Å². The van der Waals surface area contributed by atoms with Crippen molar-refractivity contribution in [3.05, 3.63) is 0 Å². The minimum atomic E-state index is 0.740. The lowest BCUT2D eigenvalue weighted by atomic mass is 9.86. The first-order valence-electron chi connectivity index (χ1n) is 4.54. The quantitative estimate of drug-likeness (QED) is 0.563. The van der Waals surface area contributed by atoms with Crippen LogP contribution in [0, 0.1) is 17.3 Å². The summed E-state index contributed by atoms with van der Waals surface area (Å²) in [6.07, 6.45) is 4.36. The van der Waals surface area contributed by atoms with Gasteiger partial charge >= 0.3 is 0 Å². The van der Waals surface area contributed by atoms with Crippen LogP contribution in [0.2, 0.25) is 0 Å². The number of hydrogen-bond donors (Lipinski definition) is 0. The summed E-state index contributed by atoms with van der Waals surface area (Å²) in [4.78, 5) is 0. The average molecular weight is 140 g/mol. The topological polar surface area (TPSA) is 0 Å². The molecule has 0 heteroatoms. The first-order valence-corrected chi connectivity index (χ1v) is 4.54. The van der Waals surface area contributed by atoms with Gasteiger partial charge in [0, 0.05) is 0 Å². The van der Waals surface area contributed by atoms with E-state index in [-0.39, 0.29) is 0 Å². The molecule has 1 unspecified atom stereocenters. The minimum Gasteiger partial charge on any atom is -0.0628 e. The summed E-state index contributed by atoms with van der Waals surface area (Å²) >= 11 is 0. The standard InChI is InChI=1S/C10H20/c1-8(2)7-9(3)10(4)5-6-10/h8-9H,5-7H2,1-4H3. The summed E-state index contributed by atoms with van der Waals surface area (Å²) < 4.78 is 0. The third-order valence-electron chi connectivity index (χ3n) is 3.05. The summed E-state index contributed by atoms with van der Waals surface area (Å²) in [6.45, 7) is 9.48. The van der Waals surface area contributed by atoms with Crippen molar-refractivity contribution in [3.8, 4) is 0 Å². The van der Waals surface area contributed by atoms with E-state index in [1.54, 1.807) is 0 Å². The first-order chi connectivity index (χ1) is 4.54. The van der Waals surface area contributed by atoms with E-state index in [1.165, 1.54) is 19.3 Å². The lowest BCUT2D eigenvalue weighted by Crippen LogP contribution is -2.10. The lowest BCUT2D eigenvalue weighted by molar-refractivity contribution is 0.304. The Morgan fingerprint density at radius 2 is 1.70 bits per heavy atom. The van der Waals surface area contributed by atoms with Crippen LogP contribution in [-0.2, 0) is 0 Å². The van der Waals surface area contributed by atoms with Gasteiger partial charge in [0.25, 0.3) is 0 Å². The van der Waals surface area contributed by atoms with E-state index >= 15 is 0 Å². The molecular formula is C10H20. The van der Waals surface area contributed by atoms with E-state index < -0.39 is 0 Å². The molecule has 0 saturated heterocycles. The molecule has 0 N–H and O–H groups in total. The van der Waals surface area contributed by atoms with E-state index in [0.717, 1.165) is 17.3 Å². The van der Waals surface area contributed by atoms with Crippen LogP contribution in [0.15, 0.2) is 0 Å². The van der Waals surface area contributed by atoms with Crippen molar-refractivity contribution < 1.29 is 0 Å². The van der Waals surface area contributed by atoms with Crippen molar-refractivity contribution in [3.63, 3.8) is 0 Å². The maximum absolute atomic E-state index is 2.43. The van der Waals surface area contributed by atoms with Crippen LogP contribution in [0.25, 0.3) is 0 Å². The second-order valence-electron chi connectivity index (χ2n) is 4.68. The van der Waals surface area contributed by atoms with Gasteiger partial charge in [-0.2, -0.15) is 0 Å². The highest BCUT2D eigenvalue weighted by Gasteiger charge is 2.41. The normalized spacial score (nSPS) is 24.9. The second-order valence-corrected chi connectivity index (χ2v) is 4.68. The molecule has 0 aliphatic heterocycles. The zero-order valence-corrected chi connectivity index (χ0v) is 7.78.